The molecule has 0 aliphatic carbocycles. The van der Waals surface area contributed by atoms with Crippen molar-refractivity contribution >= 4 is 17.4 Å². The van der Waals surface area contributed by atoms with Gasteiger partial charge in [-0.1, -0.05) is 25.1 Å². The van der Waals surface area contributed by atoms with Crippen molar-refractivity contribution in [2.24, 2.45) is 0 Å². The maximum atomic E-state index is 13.1. The highest BCUT2D eigenvalue weighted by Gasteiger charge is 2.22. The summed E-state index contributed by atoms with van der Waals surface area (Å²) in [7, 11) is 0. The molecule has 0 saturated carbocycles. The Balaban J connectivity index is 1.84. The molecule has 2 heterocycles. The summed E-state index contributed by atoms with van der Waals surface area (Å²) >= 11 is 0. The minimum atomic E-state index is -0.0855. The normalized spacial score (nSPS) is 15.1. The first-order valence-electron chi connectivity index (χ1n) is 9.32. The minimum absolute atomic E-state index is 0.0855. The van der Waals surface area contributed by atoms with Gasteiger partial charge in [0.2, 0.25) is 0 Å². The number of carbonyl (C=O) groups excluding carboxylic acids is 1. The summed E-state index contributed by atoms with van der Waals surface area (Å²) in [6.45, 7) is 11.6. The average Bonchev–Trinajstić information content (AvgIpc) is 2.69. The molecule has 0 unspecified atom stereocenters. The van der Waals surface area contributed by atoms with Gasteiger partial charge in [0.05, 0.1) is 0 Å². The van der Waals surface area contributed by atoms with Gasteiger partial charge >= 0.3 is 0 Å². The molecule has 26 heavy (non-hydrogen) atoms. The predicted octanol–water partition coefficient (Wildman–Crippen LogP) is 2.59. The zero-order valence-corrected chi connectivity index (χ0v) is 15.9. The maximum absolute atomic E-state index is 13.1. The summed E-state index contributed by atoms with van der Waals surface area (Å²) in [4.78, 5) is 28.5. The second-order valence-corrected chi connectivity index (χ2v) is 6.46. The van der Waals surface area contributed by atoms with Crippen molar-refractivity contribution in [3.8, 4) is 0 Å². The molecule has 2 aromatic rings. The lowest BCUT2D eigenvalue weighted by Crippen LogP contribution is -2.46. The lowest BCUT2D eigenvalue weighted by Gasteiger charge is -2.35. The monoisotopic (exact) mass is 353 g/mol. The van der Waals surface area contributed by atoms with E-state index in [1.165, 1.54) is 0 Å². The second-order valence-electron chi connectivity index (χ2n) is 6.46. The van der Waals surface area contributed by atoms with Crippen molar-refractivity contribution in [2.75, 3.05) is 49.1 Å². The van der Waals surface area contributed by atoms with E-state index in [1.807, 2.05) is 50.2 Å². The molecule has 1 aromatic heterocycles. The fourth-order valence-electron chi connectivity index (χ4n) is 3.31. The van der Waals surface area contributed by atoms with Gasteiger partial charge in [-0.3, -0.25) is 4.79 Å². The summed E-state index contributed by atoms with van der Waals surface area (Å²) in [6, 6.07) is 11.6. The van der Waals surface area contributed by atoms with E-state index < -0.39 is 0 Å². The molecule has 0 bridgehead atoms. The van der Waals surface area contributed by atoms with Gasteiger partial charge in [-0.25, -0.2) is 9.97 Å². The summed E-state index contributed by atoms with van der Waals surface area (Å²) in [5.74, 6) is 1.39. The molecule has 1 saturated heterocycles. The van der Waals surface area contributed by atoms with Crippen LogP contribution in [0.2, 0.25) is 0 Å². The number of aryl methyl sites for hydroxylation is 1. The average molecular weight is 353 g/mol. The van der Waals surface area contributed by atoms with Crippen molar-refractivity contribution in [1.82, 2.24) is 14.9 Å². The van der Waals surface area contributed by atoms with Crippen LogP contribution < -0.4 is 9.80 Å². The number of nitrogens with zero attached hydrogens (tertiary/aromatic N) is 5. The van der Waals surface area contributed by atoms with E-state index >= 15 is 0 Å². The molecule has 3 rings (SSSR count). The SMILES string of the molecule is CCN1CCN(c2cc(C(=O)N(CC)c3ccccc3)nc(C)n2)CC1. The Morgan fingerprint density at radius 2 is 1.77 bits per heavy atom. The lowest BCUT2D eigenvalue weighted by atomic mass is 10.2. The first kappa shape index (κ1) is 18.3. The van der Waals surface area contributed by atoms with Gasteiger partial charge in [-0.05, 0) is 32.5 Å². The van der Waals surface area contributed by atoms with Gasteiger partial charge in [0, 0.05) is 44.5 Å². The number of piperazine rings is 1. The zero-order chi connectivity index (χ0) is 18.5. The summed E-state index contributed by atoms with van der Waals surface area (Å²) < 4.78 is 0. The van der Waals surface area contributed by atoms with Crippen LogP contribution >= 0.6 is 0 Å². The maximum Gasteiger partial charge on any atom is 0.277 e. The predicted molar refractivity (Wildman–Crippen MR) is 105 cm³/mol. The molecule has 6 nitrogen and oxygen atoms in total. The highest BCUT2D eigenvalue weighted by atomic mass is 16.2. The Labute approximate surface area is 155 Å². The molecule has 1 fully saturated rings. The molecule has 0 atom stereocenters. The molecular weight excluding hydrogens is 326 g/mol. The van der Waals surface area contributed by atoms with Crippen LogP contribution in [0, 0.1) is 6.92 Å². The third-order valence-electron chi connectivity index (χ3n) is 4.82. The molecule has 6 heteroatoms. The highest BCUT2D eigenvalue weighted by molar-refractivity contribution is 6.05. The van der Waals surface area contributed by atoms with E-state index in [2.05, 4.69) is 26.7 Å². The van der Waals surface area contributed by atoms with Crippen LogP contribution in [0.3, 0.4) is 0 Å². The quantitative estimate of drug-likeness (QED) is 0.827. The van der Waals surface area contributed by atoms with E-state index in [-0.39, 0.29) is 5.91 Å². The Morgan fingerprint density at radius 3 is 2.38 bits per heavy atom. The third-order valence-corrected chi connectivity index (χ3v) is 4.82. The van der Waals surface area contributed by atoms with E-state index in [9.17, 15) is 4.79 Å². The van der Waals surface area contributed by atoms with Gasteiger partial charge in [0.25, 0.3) is 5.91 Å². The molecule has 1 aliphatic rings. The van der Waals surface area contributed by atoms with Crippen LogP contribution in [0.25, 0.3) is 0 Å². The fraction of sp³-hybridized carbons (Fsp3) is 0.450. The number of rotatable bonds is 5. The van der Waals surface area contributed by atoms with Crippen LogP contribution in [0.4, 0.5) is 11.5 Å². The zero-order valence-electron chi connectivity index (χ0n) is 15.9. The van der Waals surface area contributed by atoms with Crippen LogP contribution in [0.5, 0.6) is 0 Å². The van der Waals surface area contributed by atoms with Crippen LogP contribution in [-0.2, 0) is 0 Å². The van der Waals surface area contributed by atoms with Gasteiger partial charge in [-0.15, -0.1) is 0 Å². The van der Waals surface area contributed by atoms with E-state index in [4.69, 9.17) is 0 Å². The number of anilines is 2. The number of amides is 1. The largest absolute Gasteiger partial charge is 0.354 e. The number of carbonyl (C=O) groups is 1. The second kappa shape index (κ2) is 8.27. The number of likely N-dealkylation sites (N-methyl/N-ethyl adjacent to an activating group) is 1. The smallest absolute Gasteiger partial charge is 0.277 e. The molecular formula is C20H27N5O. The molecule has 0 spiro atoms. The van der Waals surface area contributed by atoms with Crippen molar-refractivity contribution in [3.63, 3.8) is 0 Å². The molecule has 138 valence electrons. The Bertz CT molecular complexity index is 741. The number of hydrogen-bond acceptors (Lipinski definition) is 5. The summed E-state index contributed by atoms with van der Waals surface area (Å²) in [6.07, 6.45) is 0. The van der Waals surface area contributed by atoms with Gasteiger partial charge in [-0.2, -0.15) is 0 Å². The lowest BCUT2D eigenvalue weighted by molar-refractivity contribution is 0.0983. The number of hydrogen-bond donors (Lipinski definition) is 0. The Kier molecular flexibility index (Phi) is 5.83. The van der Waals surface area contributed by atoms with E-state index in [1.54, 1.807) is 4.90 Å². The first-order valence-corrected chi connectivity index (χ1v) is 9.32. The standard InChI is InChI=1S/C20H27N5O/c1-4-23-11-13-24(14-12-23)19-15-18(21-16(3)22-19)20(26)25(5-2)17-9-7-6-8-10-17/h6-10,15H,4-5,11-14H2,1-3H3. The van der Waals surface area contributed by atoms with Gasteiger partial charge in [0.1, 0.15) is 17.3 Å². The van der Waals surface area contributed by atoms with Crippen molar-refractivity contribution in [2.45, 2.75) is 20.8 Å². The topological polar surface area (TPSA) is 52.6 Å². The molecule has 1 aromatic carbocycles. The summed E-state index contributed by atoms with van der Waals surface area (Å²) in [5, 5.41) is 0. The van der Waals surface area contributed by atoms with Crippen molar-refractivity contribution < 1.29 is 4.79 Å². The Morgan fingerprint density at radius 1 is 1.08 bits per heavy atom. The molecule has 1 aliphatic heterocycles. The Hall–Kier alpha value is -2.47. The van der Waals surface area contributed by atoms with Crippen molar-refractivity contribution in [1.29, 1.82) is 0 Å². The first-order chi connectivity index (χ1) is 12.6. The van der Waals surface area contributed by atoms with Crippen LogP contribution in [0.15, 0.2) is 36.4 Å². The number of para-hydroxylation sites is 1. The molecule has 1 amide bonds. The fourth-order valence-corrected chi connectivity index (χ4v) is 3.31. The highest BCUT2D eigenvalue weighted by Crippen LogP contribution is 2.19. The van der Waals surface area contributed by atoms with Gasteiger partial charge in [0.15, 0.2) is 0 Å². The summed E-state index contributed by atoms with van der Waals surface area (Å²) in [5.41, 5.74) is 1.34. The van der Waals surface area contributed by atoms with E-state index in [0.29, 0.717) is 18.1 Å². The van der Waals surface area contributed by atoms with Crippen LogP contribution in [-0.4, -0.2) is 60.0 Å². The van der Waals surface area contributed by atoms with Crippen molar-refractivity contribution in [3.05, 3.63) is 47.9 Å². The minimum Gasteiger partial charge on any atom is -0.354 e. The van der Waals surface area contributed by atoms with E-state index in [0.717, 1.165) is 44.2 Å². The van der Waals surface area contributed by atoms with Crippen LogP contribution in [0.1, 0.15) is 30.2 Å². The number of aromatic nitrogens is 2. The van der Waals surface area contributed by atoms with Gasteiger partial charge < -0.3 is 14.7 Å². The molecule has 0 N–H and O–H groups in total. The number of benzene rings is 1. The molecule has 0 radical (unpaired) electrons. The third kappa shape index (κ3) is 4.02.